The molecule has 0 aromatic carbocycles. The van der Waals surface area contributed by atoms with E-state index in [-0.39, 0.29) is 6.04 Å². The summed E-state index contributed by atoms with van der Waals surface area (Å²) >= 11 is 0. The number of ether oxygens (including phenoxy) is 2. The Morgan fingerprint density at radius 2 is 2.06 bits per heavy atom. The Balaban J connectivity index is 2.70. The summed E-state index contributed by atoms with van der Waals surface area (Å²) in [6, 6.07) is 0.556. The van der Waals surface area contributed by atoms with Crippen molar-refractivity contribution in [3.8, 4) is 0 Å². The minimum absolute atomic E-state index is 0.237. The van der Waals surface area contributed by atoms with Gasteiger partial charge in [0.1, 0.15) is 0 Å². The van der Waals surface area contributed by atoms with Crippen molar-refractivity contribution in [1.82, 2.24) is 9.55 Å². The lowest BCUT2D eigenvalue weighted by atomic mass is 10.2. The molecule has 1 aromatic rings. The smallest absolute Gasteiger partial charge is 0.203 e. The number of anilines is 1. The highest BCUT2D eigenvalue weighted by molar-refractivity contribution is 5.28. The van der Waals surface area contributed by atoms with E-state index in [1.54, 1.807) is 20.4 Å². The van der Waals surface area contributed by atoms with Crippen LogP contribution in [0.2, 0.25) is 0 Å². The van der Waals surface area contributed by atoms with E-state index in [1.807, 2.05) is 6.20 Å². The van der Waals surface area contributed by atoms with Gasteiger partial charge in [-0.05, 0) is 13.3 Å². The summed E-state index contributed by atoms with van der Waals surface area (Å²) in [7, 11) is 3.42. The van der Waals surface area contributed by atoms with E-state index in [0.29, 0.717) is 19.3 Å². The molecule has 2 atom stereocenters. The summed E-state index contributed by atoms with van der Waals surface area (Å²) in [4.78, 5) is 4.33. The van der Waals surface area contributed by atoms with E-state index in [0.717, 1.165) is 12.4 Å². The molecule has 0 amide bonds. The zero-order valence-electron chi connectivity index (χ0n) is 11.1. The second-order valence-corrected chi connectivity index (χ2v) is 4.18. The number of nitrogens with zero attached hydrogens (tertiary/aromatic N) is 2. The highest BCUT2D eigenvalue weighted by Gasteiger charge is 2.14. The summed E-state index contributed by atoms with van der Waals surface area (Å²) in [5, 5.41) is 3.34. The average Bonchev–Trinajstić information content (AvgIpc) is 2.74. The second-order valence-electron chi connectivity index (χ2n) is 4.18. The molecule has 0 saturated heterocycles. The van der Waals surface area contributed by atoms with Crippen LogP contribution in [-0.2, 0) is 9.47 Å². The van der Waals surface area contributed by atoms with Crippen LogP contribution in [0.4, 0.5) is 5.95 Å². The second kappa shape index (κ2) is 7.29. The molecule has 0 fully saturated rings. The van der Waals surface area contributed by atoms with Gasteiger partial charge in [-0.2, -0.15) is 0 Å². The number of methoxy groups -OCH3 is 2. The summed E-state index contributed by atoms with van der Waals surface area (Å²) in [5.74, 6) is 0.874. The molecule has 0 radical (unpaired) electrons. The lowest BCUT2D eigenvalue weighted by molar-refractivity contribution is 0.153. The summed E-state index contributed by atoms with van der Waals surface area (Å²) in [6.07, 6.45) is 4.80. The lowest BCUT2D eigenvalue weighted by Crippen LogP contribution is -2.25. The normalized spacial score (nSPS) is 14.6. The first-order valence-corrected chi connectivity index (χ1v) is 6.00. The molecule has 0 saturated carbocycles. The van der Waals surface area contributed by atoms with Crippen molar-refractivity contribution in [2.45, 2.75) is 32.4 Å². The van der Waals surface area contributed by atoms with Gasteiger partial charge in [-0.3, -0.25) is 0 Å². The molecule has 5 heteroatoms. The number of imidazole rings is 1. The topological polar surface area (TPSA) is 48.3 Å². The van der Waals surface area contributed by atoms with Gasteiger partial charge >= 0.3 is 0 Å². The zero-order valence-corrected chi connectivity index (χ0v) is 11.1. The predicted octanol–water partition coefficient (Wildman–Crippen LogP) is 1.93. The van der Waals surface area contributed by atoms with E-state index in [9.17, 15) is 0 Å². The summed E-state index contributed by atoms with van der Waals surface area (Å²) < 4.78 is 12.4. The van der Waals surface area contributed by atoms with Gasteiger partial charge in [-0.1, -0.05) is 6.92 Å². The van der Waals surface area contributed by atoms with Crippen molar-refractivity contribution in [2.24, 2.45) is 0 Å². The Bertz CT molecular complexity index is 314. The molecule has 17 heavy (non-hydrogen) atoms. The van der Waals surface area contributed by atoms with Gasteiger partial charge in [0, 0.05) is 32.7 Å². The van der Waals surface area contributed by atoms with Crippen molar-refractivity contribution in [3.63, 3.8) is 0 Å². The van der Waals surface area contributed by atoms with Crippen LogP contribution < -0.4 is 5.32 Å². The molecule has 0 aliphatic rings. The maximum Gasteiger partial charge on any atom is 0.203 e. The van der Waals surface area contributed by atoms with Crippen molar-refractivity contribution in [3.05, 3.63) is 12.4 Å². The largest absolute Gasteiger partial charge is 0.383 e. The van der Waals surface area contributed by atoms with Gasteiger partial charge in [-0.25, -0.2) is 4.98 Å². The van der Waals surface area contributed by atoms with Crippen LogP contribution in [0, 0.1) is 0 Å². The quantitative estimate of drug-likeness (QED) is 0.755. The van der Waals surface area contributed by atoms with Crippen LogP contribution in [0.3, 0.4) is 0 Å². The van der Waals surface area contributed by atoms with Gasteiger partial charge in [0.05, 0.1) is 19.3 Å². The number of nitrogens with one attached hydrogen (secondary N) is 1. The molecule has 2 unspecified atom stereocenters. The maximum absolute atomic E-state index is 5.23. The van der Waals surface area contributed by atoms with Crippen LogP contribution in [-0.4, -0.2) is 43.0 Å². The van der Waals surface area contributed by atoms with Crippen LogP contribution in [0.1, 0.15) is 26.3 Å². The minimum Gasteiger partial charge on any atom is -0.383 e. The van der Waals surface area contributed by atoms with Crippen molar-refractivity contribution < 1.29 is 9.47 Å². The fourth-order valence-corrected chi connectivity index (χ4v) is 1.82. The third-order valence-electron chi connectivity index (χ3n) is 2.68. The van der Waals surface area contributed by atoms with E-state index in [4.69, 9.17) is 9.47 Å². The van der Waals surface area contributed by atoms with Gasteiger partial charge in [0.15, 0.2) is 0 Å². The van der Waals surface area contributed by atoms with Crippen molar-refractivity contribution >= 4 is 5.95 Å². The highest BCUT2D eigenvalue weighted by atomic mass is 16.5. The first-order chi connectivity index (χ1) is 8.22. The van der Waals surface area contributed by atoms with Crippen molar-refractivity contribution in [1.29, 1.82) is 0 Å². The monoisotopic (exact) mass is 241 g/mol. The summed E-state index contributed by atoms with van der Waals surface area (Å²) in [6.45, 7) is 5.57. The first kappa shape index (κ1) is 14.0. The molecule has 1 N–H and O–H groups in total. The third-order valence-corrected chi connectivity index (χ3v) is 2.68. The Labute approximate surface area is 103 Å². The van der Waals surface area contributed by atoms with Crippen LogP contribution in [0.25, 0.3) is 0 Å². The number of aromatic nitrogens is 2. The zero-order chi connectivity index (χ0) is 12.7. The Hall–Kier alpha value is -1.07. The van der Waals surface area contributed by atoms with Gasteiger partial charge in [0.2, 0.25) is 5.95 Å². The molecule has 1 rings (SSSR count). The van der Waals surface area contributed by atoms with E-state index >= 15 is 0 Å². The van der Waals surface area contributed by atoms with Gasteiger partial charge in [-0.15, -0.1) is 0 Å². The molecule has 5 nitrogen and oxygen atoms in total. The molecule has 1 heterocycles. The maximum atomic E-state index is 5.23. The fourth-order valence-electron chi connectivity index (χ4n) is 1.82. The molecule has 1 aromatic heterocycles. The third kappa shape index (κ3) is 4.02. The number of hydrogen-bond donors (Lipinski definition) is 1. The molecule has 0 aliphatic carbocycles. The fraction of sp³-hybridized carbons (Fsp3) is 0.750. The highest BCUT2D eigenvalue weighted by Crippen LogP contribution is 2.17. The van der Waals surface area contributed by atoms with Crippen LogP contribution in [0.5, 0.6) is 0 Å². The Morgan fingerprint density at radius 1 is 1.35 bits per heavy atom. The first-order valence-electron chi connectivity index (χ1n) is 6.00. The van der Waals surface area contributed by atoms with Crippen LogP contribution >= 0.6 is 0 Å². The van der Waals surface area contributed by atoms with Gasteiger partial charge < -0.3 is 19.4 Å². The van der Waals surface area contributed by atoms with Gasteiger partial charge in [0.25, 0.3) is 0 Å². The lowest BCUT2D eigenvalue weighted by Gasteiger charge is -2.21. The molecule has 0 spiro atoms. The molecular weight excluding hydrogens is 218 g/mol. The van der Waals surface area contributed by atoms with Crippen LogP contribution in [0.15, 0.2) is 12.4 Å². The number of hydrogen-bond acceptors (Lipinski definition) is 4. The predicted molar refractivity (Wildman–Crippen MR) is 68.4 cm³/mol. The number of rotatable bonds is 8. The minimum atomic E-state index is 0.237. The molecule has 0 aliphatic heterocycles. The van der Waals surface area contributed by atoms with E-state index in [1.165, 1.54) is 0 Å². The van der Waals surface area contributed by atoms with E-state index < -0.39 is 0 Å². The molecule has 0 bridgehead atoms. The Morgan fingerprint density at radius 3 is 2.65 bits per heavy atom. The van der Waals surface area contributed by atoms with Crippen molar-refractivity contribution in [2.75, 3.05) is 32.8 Å². The summed E-state index contributed by atoms with van der Waals surface area (Å²) in [5.41, 5.74) is 0. The molecule has 98 valence electrons. The SMILES string of the molecule is CCC(COC)n1ccnc1NC(C)COC. The van der Waals surface area contributed by atoms with E-state index in [2.05, 4.69) is 28.7 Å². The molecular formula is C12H23N3O2. The Kier molecular flexibility index (Phi) is 6.00. The standard InChI is InChI=1S/C12H23N3O2/c1-5-11(9-17-4)15-7-6-13-12(15)14-10(2)8-16-3/h6-7,10-11H,5,8-9H2,1-4H3,(H,13,14). The average molecular weight is 241 g/mol.